The molecule has 2 rings (SSSR count). The normalized spacial score (nSPS) is 20.6. The average molecular weight is 444 g/mol. The molecule has 1 aliphatic carbocycles. The fourth-order valence-corrected chi connectivity index (χ4v) is 4.34. The molecule has 0 aromatic carbocycles. The maximum atomic E-state index is 12.7. The van der Waals surface area contributed by atoms with Gasteiger partial charge in [-0.3, -0.25) is 9.59 Å². The van der Waals surface area contributed by atoms with Crippen molar-refractivity contribution in [1.29, 1.82) is 0 Å². The molecule has 0 radical (unpaired) electrons. The molecule has 0 aromatic heterocycles. The van der Waals surface area contributed by atoms with Crippen molar-refractivity contribution < 1.29 is 38.4 Å². The summed E-state index contributed by atoms with van der Waals surface area (Å²) in [6.07, 6.45) is 4.48. The minimum atomic E-state index is -1.01. The van der Waals surface area contributed by atoms with Crippen molar-refractivity contribution in [2.24, 2.45) is 11.3 Å². The number of nitrogens with one attached hydrogen (secondary N) is 1. The predicted octanol–water partition coefficient (Wildman–Crippen LogP) is 3.60. The zero-order valence-corrected chi connectivity index (χ0v) is 18.7. The smallest absolute Gasteiger partial charge is 0.410 e. The molecule has 31 heavy (non-hydrogen) atoms. The summed E-state index contributed by atoms with van der Waals surface area (Å²) in [7, 11) is 0. The lowest BCUT2D eigenvalue weighted by Gasteiger charge is -2.36. The number of amides is 1. The summed E-state index contributed by atoms with van der Waals surface area (Å²) in [6.45, 7) is 4.97. The first-order valence-electron chi connectivity index (χ1n) is 11.5. The van der Waals surface area contributed by atoms with Crippen LogP contribution in [0.1, 0.15) is 78.1 Å². The lowest BCUT2D eigenvalue weighted by molar-refractivity contribution is -0.187. The quantitative estimate of drug-likeness (QED) is 0.347. The molecular weight excluding hydrogens is 406 g/mol. The molecule has 9 heteroatoms. The van der Waals surface area contributed by atoms with Crippen LogP contribution in [-0.2, 0) is 28.5 Å². The largest absolute Gasteiger partial charge is 0.481 e. The molecule has 2 aliphatic rings. The van der Waals surface area contributed by atoms with Crippen LogP contribution >= 0.6 is 0 Å². The van der Waals surface area contributed by atoms with Gasteiger partial charge in [-0.2, -0.15) is 0 Å². The molecular formula is C22H37NO8. The molecule has 2 unspecified atom stereocenters. The van der Waals surface area contributed by atoms with E-state index in [1.807, 2.05) is 13.8 Å². The molecule has 2 fully saturated rings. The fourth-order valence-electron chi connectivity index (χ4n) is 4.34. The number of alkyl carbamates (subject to hydrolysis) is 1. The second-order valence-electron chi connectivity index (χ2n) is 8.55. The van der Waals surface area contributed by atoms with Crippen LogP contribution in [0.2, 0.25) is 0 Å². The van der Waals surface area contributed by atoms with Gasteiger partial charge in [-0.15, -0.1) is 0 Å². The van der Waals surface area contributed by atoms with E-state index in [-0.39, 0.29) is 13.0 Å². The number of hydrogen-bond acceptors (Lipinski definition) is 7. The van der Waals surface area contributed by atoms with Crippen molar-refractivity contribution in [3.63, 3.8) is 0 Å². The van der Waals surface area contributed by atoms with Crippen LogP contribution in [0, 0.1) is 11.3 Å². The second-order valence-corrected chi connectivity index (χ2v) is 8.55. The molecule has 1 heterocycles. The number of esters is 1. The maximum Gasteiger partial charge on any atom is 0.410 e. The first kappa shape index (κ1) is 25.4. The third-order valence-corrected chi connectivity index (χ3v) is 5.94. The molecule has 1 saturated carbocycles. The summed E-state index contributed by atoms with van der Waals surface area (Å²) >= 11 is 0. The van der Waals surface area contributed by atoms with Gasteiger partial charge in [0, 0.05) is 13.0 Å². The number of aliphatic carboxylic acids is 1. The van der Waals surface area contributed by atoms with E-state index in [0.717, 1.165) is 38.5 Å². The molecule has 0 spiro atoms. The molecule has 1 amide bonds. The van der Waals surface area contributed by atoms with Crippen LogP contribution in [0.4, 0.5) is 4.79 Å². The van der Waals surface area contributed by atoms with E-state index in [4.69, 9.17) is 18.9 Å². The van der Waals surface area contributed by atoms with E-state index in [9.17, 15) is 19.5 Å². The van der Waals surface area contributed by atoms with Gasteiger partial charge in [-0.1, -0.05) is 39.5 Å². The number of ether oxygens (including phenoxy) is 4. The van der Waals surface area contributed by atoms with Gasteiger partial charge in [0.1, 0.15) is 5.92 Å². The highest BCUT2D eigenvalue weighted by atomic mass is 16.7. The Morgan fingerprint density at radius 2 is 1.68 bits per heavy atom. The Labute approximate surface area is 184 Å². The summed E-state index contributed by atoms with van der Waals surface area (Å²) in [5, 5.41) is 12.0. The summed E-state index contributed by atoms with van der Waals surface area (Å²) in [4.78, 5) is 36.4. The van der Waals surface area contributed by atoms with Gasteiger partial charge in [0.15, 0.2) is 6.29 Å². The minimum Gasteiger partial charge on any atom is -0.481 e. The maximum absolute atomic E-state index is 12.7. The van der Waals surface area contributed by atoms with Gasteiger partial charge in [-0.25, -0.2) is 4.79 Å². The Kier molecular flexibility index (Phi) is 10.5. The van der Waals surface area contributed by atoms with Crippen LogP contribution in [0.3, 0.4) is 0 Å². The van der Waals surface area contributed by atoms with Gasteiger partial charge >= 0.3 is 18.0 Å². The lowest BCUT2D eigenvalue weighted by Crippen LogP contribution is -2.42. The van der Waals surface area contributed by atoms with Crippen molar-refractivity contribution in [2.75, 3.05) is 19.8 Å². The molecule has 1 aliphatic heterocycles. The number of carboxylic acids is 1. The minimum absolute atomic E-state index is 0.0146. The van der Waals surface area contributed by atoms with Gasteiger partial charge in [0.05, 0.1) is 19.6 Å². The number of hydrogen-bond donors (Lipinski definition) is 2. The summed E-state index contributed by atoms with van der Waals surface area (Å²) in [6, 6.07) is 0. The number of carbonyl (C=O) groups is 3. The van der Waals surface area contributed by atoms with Crippen molar-refractivity contribution in [2.45, 2.75) is 90.6 Å². The average Bonchev–Trinajstić information content (AvgIpc) is 3.25. The van der Waals surface area contributed by atoms with Crippen molar-refractivity contribution in [3.8, 4) is 0 Å². The van der Waals surface area contributed by atoms with Gasteiger partial charge in [-0.05, 0) is 31.1 Å². The van der Waals surface area contributed by atoms with E-state index in [2.05, 4.69) is 5.32 Å². The van der Waals surface area contributed by atoms with E-state index < -0.39 is 41.9 Å². The Bertz CT molecular complexity index is 584. The highest BCUT2D eigenvalue weighted by Crippen LogP contribution is 2.38. The topological polar surface area (TPSA) is 120 Å². The Morgan fingerprint density at radius 3 is 2.26 bits per heavy atom. The molecule has 0 bridgehead atoms. The number of carbonyl (C=O) groups excluding carboxylic acids is 2. The summed E-state index contributed by atoms with van der Waals surface area (Å²) in [5.74, 6) is -1.94. The molecule has 0 aromatic rings. The fraction of sp³-hybridized carbons (Fsp3) is 0.864. The van der Waals surface area contributed by atoms with Crippen molar-refractivity contribution in [1.82, 2.24) is 5.32 Å². The zero-order valence-electron chi connectivity index (χ0n) is 18.7. The van der Waals surface area contributed by atoms with Crippen LogP contribution < -0.4 is 5.32 Å². The molecule has 2 N–H and O–H groups in total. The monoisotopic (exact) mass is 443 g/mol. The standard InChI is InChI=1S/C22H37NO8/c1-3-8-16(20-28-12-13-29-20)19(26)30-18(9-4-2)31-21(27)23-15-22(14-17(24)25)10-6-5-7-11-22/h16,18,20H,3-15H2,1-2H3,(H,23,27)(H,24,25). The SMILES string of the molecule is CCCC(OC(=O)NCC1(CC(=O)O)CCCCC1)OC(=O)C(CCC)C1OCCO1. The van der Waals surface area contributed by atoms with Gasteiger partial charge in [0.2, 0.25) is 6.29 Å². The highest BCUT2D eigenvalue weighted by Gasteiger charge is 2.37. The summed E-state index contributed by atoms with van der Waals surface area (Å²) < 4.78 is 21.8. The van der Waals surface area contributed by atoms with Crippen molar-refractivity contribution >= 4 is 18.0 Å². The molecule has 2 atom stereocenters. The van der Waals surface area contributed by atoms with E-state index in [1.165, 1.54) is 0 Å². The summed E-state index contributed by atoms with van der Waals surface area (Å²) in [5.41, 5.74) is -0.455. The Balaban J connectivity index is 1.90. The van der Waals surface area contributed by atoms with E-state index in [1.54, 1.807) is 0 Å². The van der Waals surface area contributed by atoms with Crippen molar-refractivity contribution in [3.05, 3.63) is 0 Å². The van der Waals surface area contributed by atoms with Crippen LogP contribution in [0.25, 0.3) is 0 Å². The van der Waals surface area contributed by atoms with Gasteiger partial charge in [0.25, 0.3) is 0 Å². The molecule has 9 nitrogen and oxygen atoms in total. The number of carboxylic acid groups (broad SMARTS) is 1. The molecule has 178 valence electrons. The van der Waals surface area contributed by atoms with Gasteiger partial charge < -0.3 is 29.4 Å². The second kappa shape index (κ2) is 12.9. The van der Waals surface area contributed by atoms with Crippen LogP contribution in [-0.4, -0.2) is 55.5 Å². The number of rotatable bonds is 12. The van der Waals surface area contributed by atoms with Crippen LogP contribution in [0.15, 0.2) is 0 Å². The third kappa shape index (κ3) is 8.29. The first-order chi connectivity index (χ1) is 14.9. The predicted molar refractivity (Wildman–Crippen MR) is 111 cm³/mol. The lowest BCUT2D eigenvalue weighted by atomic mass is 9.72. The zero-order chi connectivity index (χ0) is 22.7. The Hall–Kier alpha value is -1.87. The van der Waals surface area contributed by atoms with E-state index >= 15 is 0 Å². The molecule has 1 saturated heterocycles. The highest BCUT2D eigenvalue weighted by molar-refractivity contribution is 5.73. The third-order valence-electron chi connectivity index (χ3n) is 5.94. The van der Waals surface area contributed by atoms with E-state index in [0.29, 0.717) is 32.5 Å². The van der Waals surface area contributed by atoms with Crippen LogP contribution in [0.5, 0.6) is 0 Å². The Morgan fingerprint density at radius 1 is 1.03 bits per heavy atom. The first-order valence-corrected chi connectivity index (χ1v) is 11.5.